The van der Waals surface area contributed by atoms with Crippen LogP contribution in [-0.2, 0) is 14.4 Å². The number of aliphatic carboxylic acids is 1. The molecule has 0 aromatic carbocycles. The second-order valence-electron chi connectivity index (χ2n) is 4.37. The Balaban J connectivity index is 2.07. The lowest BCUT2D eigenvalue weighted by Crippen LogP contribution is -2.43. The summed E-state index contributed by atoms with van der Waals surface area (Å²) in [5.41, 5.74) is 0. The van der Waals surface area contributed by atoms with Crippen molar-refractivity contribution in [1.82, 2.24) is 9.80 Å². The number of piperidine rings is 1. The number of carbonyl (C=O) groups excluding carboxylic acids is 2. The Morgan fingerprint density at radius 3 is 2.62 bits per heavy atom. The predicted octanol–water partition coefficient (Wildman–Crippen LogP) is -0.992. The lowest BCUT2D eigenvalue weighted by molar-refractivity contribution is -0.140. The predicted molar refractivity (Wildman–Crippen MR) is 53.4 cm³/mol. The van der Waals surface area contributed by atoms with Gasteiger partial charge in [-0.2, -0.15) is 0 Å². The number of carbonyl (C=O) groups is 3. The number of fused-ring (bicyclic) bond motifs is 1. The summed E-state index contributed by atoms with van der Waals surface area (Å²) in [5.74, 6) is -1.77. The number of amides is 2. The quantitative estimate of drug-likeness (QED) is 0.611. The zero-order valence-corrected chi connectivity index (χ0v) is 9.05. The van der Waals surface area contributed by atoms with Crippen molar-refractivity contribution in [3.05, 3.63) is 0 Å². The van der Waals surface area contributed by atoms with Gasteiger partial charge in [-0.05, 0) is 13.0 Å². The third kappa shape index (κ3) is 1.69. The number of hydrogen-bond donors (Lipinski definition) is 1. The van der Waals surface area contributed by atoms with E-state index in [1.807, 2.05) is 0 Å². The van der Waals surface area contributed by atoms with E-state index in [2.05, 4.69) is 0 Å². The van der Waals surface area contributed by atoms with Gasteiger partial charge >= 0.3 is 5.97 Å². The van der Waals surface area contributed by atoms with Gasteiger partial charge in [0.15, 0.2) is 0 Å². The summed E-state index contributed by atoms with van der Waals surface area (Å²) in [6.07, 6.45) is 0.576. The van der Waals surface area contributed by atoms with Crippen molar-refractivity contribution >= 4 is 17.8 Å². The highest BCUT2D eigenvalue weighted by Crippen LogP contribution is 2.32. The number of rotatable bonds is 2. The molecule has 0 radical (unpaired) electrons. The minimum atomic E-state index is -0.899. The molecule has 2 fully saturated rings. The zero-order chi connectivity index (χ0) is 11.9. The minimum Gasteiger partial charge on any atom is -0.480 e. The Labute approximate surface area is 92.8 Å². The monoisotopic (exact) mass is 226 g/mol. The number of hydrogen-bond acceptors (Lipinski definition) is 4. The third-order valence-corrected chi connectivity index (χ3v) is 3.35. The highest BCUT2D eigenvalue weighted by molar-refractivity contribution is 6.05. The van der Waals surface area contributed by atoms with Crippen LogP contribution in [-0.4, -0.2) is 59.4 Å². The van der Waals surface area contributed by atoms with Gasteiger partial charge in [0.2, 0.25) is 11.8 Å². The Hall–Kier alpha value is -1.43. The first-order chi connectivity index (χ1) is 7.50. The molecule has 6 heteroatoms. The fourth-order valence-electron chi connectivity index (χ4n) is 2.51. The highest BCUT2D eigenvalue weighted by Gasteiger charge is 2.48. The SMILES string of the molecule is CN1C(=O)[C@H]2CCN(CC(=O)O)C[C@H]2C1=O. The van der Waals surface area contributed by atoms with Gasteiger partial charge in [0.05, 0.1) is 18.4 Å². The molecular weight excluding hydrogens is 212 g/mol. The maximum atomic E-state index is 11.7. The fourth-order valence-corrected chi connectivity index (χ4v) is 2.51. The van der Waals surface area contributed by atoms with Gasteiger partial charge < -0.3 is 5.11 Å². The average Bonchev–Trinajstić information content (AvgIpc) is 2.43. The average molecular weight is 226 g/mol. The molecule has 0 aromatic rings. The maximum Gasteiger partial charge on any atom is 0.317 e. The summed E-state index contributed by atoms with van der Waals surface area (Å²) in [4.78, 5) is 36.8. The molecule has 2 saturated heterocycles. The topological polar surface area (TPSA) is 77.9 Å². The van der Waals surface area contributed by atoms with Crippen molar-refractivity contribution in [2.75, 3.05) is 26.7 Å². The van der Waals surface area contributed by atoms with E-state index in [0.29, 0.717) is 19.5 Å². The van der Waals surface area contributed by atoms with Crippen LogP contribution in [0.25, 0.3) is 0 Å². The van der Waals surface area contributed by atoms with Gasteiger partial charge in [0.25, 0.3) is 0 Å². The van der Waals surface area contributed by atoms with Gasteiger partial charge in [0.1, 0.15) is 0 Å². The molecule has 2 amide bonds. The number of carboxylic acids is 1. The van der Waals surface area contributed by atoms with Crippen LogP contribution in [0.5, 0.6) is 0 Å². The second-order valence-corrected chi connectivity index (χ2v) is 4.37. The smallest absolute Gasteiger partial charge is 0.317 e. The summed E-state index contributed by atoms with van der Waals surface area (Å²) in [6.45, 7) is 0.889. The van der Waals surface area contributed by atoms with Gasteiger partial charge in [-0.1, -0.05) is 0 Å². The second kappa shape index (κ2) is 3.86. The molecule has 16 heavy (non-hydrogen) atoms. The molecule has 2 aliphatic heterocycles. The normalized spacial score (nSPS) is 30.7. The number of nitrogens with zero attached hydrogens (tertiary/aromatic N) is 2. The van der Waals surface area contributed by atoms with Crippen molar-refractivity contribution in [2.45, 2.75) is 6.42 Å². The molecular formula is C10H14N2O4. The molecule has 0 spiro atoms. The minimum absolute atomic E-state index is 0.0611. The Kier molecular flexibility index (Phi) is 2.67. The molecule has 6 nitrogen and oxygen atoms in total. The maximum absolute atomic E-state index is 11.7. The largest absolute Gasteiger partial charge is 0.480 e. The van der Waals surface area contributed by atoms with E-state index in [1.165, 1.54) is 11.9 Å². The van der Waals surface area contributed by atoms with Crippen LogP contribution in [0, 0.1) is 11.8 Å². The first-order valence-corrected chi connectivity index (χ1v) is 5.26. The summed E-state index contributed by atoms with van der Waals surface area (Å²) in [5, 5.41) is 8.67. The van der Waals surface area contributed by atoms with E-state index in [4.69, 9.17) is 5.11 Å². The van der Waals surface area contributed by atoms with Crippen LogP contribution in [0.15, 0.2) is 0 Å². The van der Waals surface area contributed by atoms with Gasteiger partial charge in [-0.3, -0.25) is 24.2 Å². The molecule has 0 bridgehead atoms. The van der Waals surface area contributed by atoms with E-state index in [0.717, 1.165) is 0 Å². The Bertz CT molecular complexity index is 355. The summed E-state index contributed by atoms with van der Waals surface area (Å²) in [7, 11) is 1.49. The van der Waals surface area contributed by atoms with Crippen LogP contribution < -0.4 is 0 Å². The fraction of sp³-hybridized carbons (Fsp3) is 0.700. The molecule has 0 aromatic heterocycles. The molecule has 1 N–H and O–H groups in total. The Morgan fingerprint density at radius 2 is 2.00 bits per heavy atom. The third-order valence-electron chi connectivity index (χ3n) is 3.35. The standard InChI is InChI=1S/C10H14N2O4/c1-11-9(15)6-2-3-12(5-8(13)14)4-7(6)10(11)16/h6-7H,2-5H2,1H3,(H,13,14)/t6-,7+/m0/s1. The molecule has 2 heterocycles. The van der Waals surface area contributed by atoms with E-state index in [9.17, 15) is 14.4 Å². The van der Waals surface area contributed by atoms with Crippen molar-refractivity contribution in [3.63, 3.8) is 0 Å². The van der Waals surface area contributed by atoms with Gasteiger partial charge in [-0.25, -0.2) is 0 Å². The summed E-state index contributed by atoms with van der Waals surface area (Å²) < 4.78 is 0. The first kappa shape index (κ1) is 11.1. The molecule has 2 atom stereocenters. The van der Waals surface area contributed by atoms with Crippen molar-refractivity contribution < 1.29 is 19.5 Å². The van der Waals surface area contributed by atoms with Crippen LogP contribution >= 0.6 is 0 Å². The molecule has 2 aliphatic rings. The van der Waals surface area contributed by atoms with Crippen LogP contribution in [0.1, 0.15) is 6.42 Å². The number of imide groups is 1. The van der Waals surface area contributed by atoms with Gasteiger partial charge in [0, 0.05) is 13.6 Å². The lowest BCUT2D eigenvalue weighted by atomic mass is 9.88. The van der Waals surface area contributed by atoms with E-state index < -0.39 is 5.97 Å². The van der Waals surface area contributed by atoms with Crippen molar-refractivity contribution in [3.8, 4) is 0 Å². The Morgan fingerprint density at radius 1 is 1.38 bits per heavy atom. The van der Waals surface area contributed by atoms with Crippen LogP contribution in [0.2, 0.25) is 0 Å². The lowest BCUT2D eigenvalue weighted by Gasteiger charge is -2.30. The zero-order valence-electron chi connectivity index (χ0n) is 9.05. The van der Waals surface area contributed by atoms with Crippen LogP contribution in [0.3, 0.4) is 0 Å². The first-order valence-electron chi connectivity index (χ1n) is 5.26. The molecule has 0 saturated carbocycles. The molecule has 0 aliphatic carbocycles. The highest BCUT2D eigenvalue weighted by atomic mass is 16.4. The summed E-state index contributed by atoms with van der Waals surface area (Å²) >= 11 is 0. The molecule has 2 rings (SSSR count). The van der Waals surface area contributed by atoms with Crippen molar-refractivity contribution in [1.29, 1.82) is 0 Å². The van der Waals surface area contributed by atoms with Crippen molar-refractivity contribution in [2.24, 2.45) is 11.8 Å². The van der Waals surface area contributed by atoms with E-state index in [-0.39, 0.29) is 30.2 Å². The van der Waals surface area contributed by atoms with E-state index >= 15 is 0 Å². The number of likely N-dealkylation sites (tertiary alicyclic amines) is 2. The van der Waals surface area contributed by atoms with E-state index in [1.54, 1.807) is 4.90 Å². The number of carboxylic acid groups (broad SMARTS) is 1. The molecule has 88 valence electrons. The molecule has 0 unspecified atom stereocenters. The van der Waals surface area contributed by atoms with Gasteiger partial charge in [-0.15, -0.1) is 0 Å². The summed E-state index contributed by atoms with van der Waals surface area (Å²) in [6, 6.07) is 0. The van der Waals surface area contributed by atoms with Crippen LogP contribution in [0.4, 0.5) is 0 Å².